The van der Waals surface area contributed by atoms with E-state index in [-0.39, 0.29) is 35.5 Å². The quantitative estimate of drug-likeness (QED) is 0.0858. The lowest BCUT2D eigenvalue weighted by Crippen LogP contribution is -2.29. The largest absolute Gasteiger partial charge is 0.516 e. The van der Waals surface area contributed by atoms with Crippen LogP contribution >= 0.6 is 22.6 Å². The van der Waals surface area contributed by atoms with Gasteiger partial charge in [0.15, 0.2) is 0 Å². The van der Waals surface area contributed by atoms with Crippen molar-refractivity contribution in [3.8, 4) is 0 Å². The number of sulfonamides is 2. The number of benzene rings is 6. The summed E-state index contributed by atoms with van der Waals surface area (Å²) in [7, 11) is -8.87. The molecule has 6 aromatic carbocycles. The number of nitrogens with one attached hydrogen (secondary N) is 3. The first-order valence-electron chi connectivity index (χ1n) is 29.6. The van der Waals surface area contributed by atoms with Crippen LogP contribution < -0.4 is 14.8 Å². The van der Waals surface area contributed by atoms with Gasteiger partial charge in [-0.05, 0) is 195 Å². The van der Waals surface area contributed by atoms with Crippen LogP contribution in [0.5, 0.6) is 0 Å². The van der Waals surface area contributed by atoms with Gasteiger partial charge in [-0.3, -0.25) is 29.1 Å². The summed E-state index contributed by atoms with van der Waals surface area (Å²) < 4.78 is 110. The highest BCUT2D eigenvalue weighted by atomic mass is 127. The molecular formula is C69H63F3IN9O12S2. The first-order chi connectivity index (χ1) is 45.5. The number of carbonyl (C=O) groups excluding carboxylic acids is 4. The zero-order valence-corrected chi connectivity index (χ0v) is 56.1. The van der Waals surface area contributed by atoms with E-state index in [1.165, 1.54) is 50.3 Å². The average Bonchev–Trinajstić information content (AvgIpc) is 1.66. The van der Waals surface area contributed by atoms with Gasteiger partial charge in [-0.15, -0.1) is 0 Å². The second-order valence-corrected chi connectivity index (χ2v) is 28.0. The summed E-state index contributed by atoms with van der Waals surface area (Å²) in [6.45, 7) is 9.32. The summed E-state index contributed by atoms with van der Waals surface area (Å²) in [6.07, 6.45) is 6.56. The van der Waals surface area contributed by atoms with Crippen molar-refractivity contribution in [2.24, 2.45) is 15.3 Å². The summed E-state index contributed by atoms with van der Waals surface area (Å²) >= 11 is 2.19. The fourth-order valence-electron chi connectivity index (χ4n) is 10.2. The fraction of sp³-hybridized carbons (Fsp3) is 0.203. The number of rotatable bonds is 14. The summed E-state index contributed by atoms with van der Waals surface area (Å²) in [4.78, 5) is 51.5. The molecule has 12 rings (SSSR count). The summed E-state index contributed by atoms with van der Waals surface area (Å²) in [5.41, 5.74) is 2.67. The fourth-order valence-corrected chi connectivity index (χ4v) is 11.6. The number of hydrogen-bond donors (Lipinski definition) is 3. The predicted molar refractivity (Wildman–Crippen MR) is 364 cm³/mol. The minimum absolute atomic E-state index is 0.186. The van der Waals surface area contributed by atoms with Crippen molar-refractivity contribution < 1.29 is 67.2 Å². The van der Waals surface area contributed by atoms with Crippen molar-refractivity contribution in [1.29, 1.82) is 0 Å². The average molecular weight is 1460 g/mol. The van der Waals surface area contributed by atoms with Crippen molar-refractivity contribution in [3.05, 3.63) is 266 Å². The molecule has 21 nitrogen and oxygen atoms in total. The van der Waals surface area contributed by atoms with Crippen LogP contribution in [0.2, 0.25) is 0 Å². The molecule has 3 aromatic heterocycles. The first-order valence-corrected chi connectivity index (χ1v) is 34.1. The molecule has 496 valence electrons. The van der Waals surface area contributed by atoms with Crippen molar-refractivity contribution in [1.82, 2.24) is 15.0 Å². The van der Waals surface area contributed by atoms with Crippen LogP contribution in [0.4, 0.5) is 35.0 Å². The number of nitrogens with zero attached hydrogens (tertiary/aromatic N) is 6. The maximum Gasteiger partial charge on any atom is 0.516 e. The smallest absolute Gasteiger partial charge is 0.467 e. The van der Waals surface area contributed by atoms with Gasteiger partial charge in [0.2, 0.25) is 10.0 Å². The molecule has 0 aliphatic carbocycles. The Balaban J connectivity index is 0.000000157. The third kappa shape index (κ3) is 17.2. The van der Waals surface area contributed by atoms with Gasteiger partial charge in [0.05, 0.1) is 42.2 Å². The summed E-state index contributed by atoms with van der Waals surface area (Å²) in [5, 5.41) is 20.7. The number of alkyl halides is 3. The molecule has 3 unspecified atom stereocenters. The molecule has 0 spiro atoms. The number of furan rings is 3. The maximum atomic E-state index is 13.2. The maximum absolute atomic E-state index is 13.2. The monoisotopic (exact) mass is 1460 g/mol. The number of carbonyl (C=O) groups is 4. The van der Waals surface area contributed by atoms with Gasteiger partial charge < -0.3 is 18.0 Å². The third-order valence-electron chi connectivity index (χ3n) is 14.8. The molecule has 0 saturated heterocycles. The molecule has 9 aromatic rings. The van der Waals surface area contributed by atoms with Crippen LogP contribution in [-0.4, -0.2) is 90.2 Å². The van der Waals surface area contributed by atoms with E-state index < -0.39 is 43.3 Å². The van der Waals surface area contributed by atoms with Crippen molar-refractivity contribution >= 4 is 101 Å². The highest BCUT2D eigenvalue weighted by Gasteiger charge is 2.46. The lowest BCUT2D eigenvalue weighted by atomic mass is 10.0. The second kappa shape index (κ2) is 28.8. The molecule has 0 radical (unpaired) electrons. The van der Waals surface area contributed by atoms with Crippen molar-refractivity contribution in [2.45, 2.75) is 83.1 Å². The minimum Gasteiger partial charge on any atom is -0.467 e. The Morgan fingerprint density at radius 3 is 1.11 bits per heavy atom. The molecule has 6 heterocycles. The van der Waals surface area contributed by atoms with Gasteiger partial charge in [-0.25, -0.2) is 28.2 Å². The number of aryl methyl sites for hydroxylation is 2. The van der Waals surface area contributed by atoms with Crippen molar-refractivity contribution in [2.75, 3.05) is 21.0 Å². The zero-order valence-electron chi connectivity index (χ0n) is 52.3. The van der Waals surface area contributed by atoms with Gasteiger partial charge >= 0.3 is 21.6 Å². The van der Waals surface area contributed by atoms with E-state index in [1.54, 1.807) is 97.5 Å². The lowest BCUT2D eigenvalue weighted by Gasteiger charge is -2.20. The van der Waals surface area contributed by atoms with Crippen LogP contribution in [0.1, 0.15) is 134 Å². The van der Waals surface area contributed by atoms with E-state index in [0.717, 1.165) is 43.5 Å². The van der Waals surface area contributed by atoms with Gasteiger partial charge in [0, 0.05) is 56.6 Å². The Morgan fingerprint density at radius 1 is 0.490 bits per heavy atom. The number of amides is 4. The molecule has 3 aliphatic rings. The van der Waals surface area contributed by atoms with Gasteiger partial charge in [0.25, 0.3) is 17.7 Å². The van der Waals surface area contributed by atoms with Crippen LogP contribution in [0, 0.1) is 17.4 Å². The van der Waals surface area contributed by atoms with E-state index >= 15 is 0 Å². The highest BCUT2D eigenvalue weighted by Crippen LogP contribution is 2.38. The number of hydrogen-bond acceptors (Lipinski definition) is 15. The molecule has 0 saturated carbocycles. The molecule has 4 amide bonds. The van der Waals surface area contributed by atoms with E-state index in [4.69, 9.17) is 18.0 Å². The summed E-state index contributed by atoms with van der Waals surface area (Å²) in [6, 6.07) is 50.8. The molecule has 3 atom stereocenters. The molecule has 0 bridgehead atoms. The van der Waals surface area contributed by atoms with Gasteiger partial charge in [0.1, 0.15) is 41.0 Å². The standard InChI is InChI=1S/C26H27N3O4.C22H18F3N3O4S.C21H18IN3O4S/c1-17-7-9-19(10-8-17)24(30)29-22(23-6-5-15-32-23)16-21(28-29)18-11-13-20(14-12-18)27-25(31)33-26(2,3)4;1-14-4-6-16(7-5-14)21(29)28-19(20-3-2-12-32-20)13-18(26-28)15-8-10-17(11-9-15)27-33(30,31)22(23,24)25;1-30(27,28)24-17-10-6-14(7-11-17)18-13-19(20-3-2-12-29-20)25(23-18)21(26)15-4-8-16(22)9-5-15/h5-15,22H,16H2,1-4H3,(H,27,31);2-12,19,27H,13H2,1H3;2-12,19,24H,13H2,1H3. The molecule has 96 heavy (non-hydrogen) atoms. The number of ether oxygens (including phenoxy) is 1. The van der Waals surface area contributed by atoms with E-state index in [0.29, 0.717) is 75.9 Å². The van der Waals surface area contributed by atoms with Gasteiger partial charge in [-0.2, -0.15) is 36.9 Å². The number of hydrazone groups is 3. The van der Waals surface area contributed by atoms with Crippen LogP contribution in [0.25, 0.3) is 0 Å². The van der Waals surface area contributed by atoms with E-state index in [1.807, 2.05) is 107 Å². The van der Waals surface area contributed by atoms with E-state index in [9.17, 15) is 49.2 Å². The normalized spacial score (nSPS) is 16.2. The molecule has 3 N–H and O–H groups in total. The Labute approximate surface area is 564 Å². The molecule has 0 fully saturated rings. The Kier molecular flexibility index (Phi) is 20.6. The minimum atomic E-state index is -5.52. The van der Waals surface area contributed by atoms with Gasteiger partial charge in [-0.1, -0.05) is 71.8 Å². The number of anilines is 3. The lowest BCUT2D eigenvalue weighted by molar-refractivity contribution is -0.0429. The predicted octanol–water partition coefficient (Wildman–Crippen LogP) is 15.0. The Hall–Kier alpha value is -10.1. The van der Waals surface area contributed by atoms with E-state index in [2.05, 4.69) is 47.9 Å². The Bertz CT molecular complexity index is 4570. The third-order valence-corrected chi connectivity index (χ3v) is 17.3. The highest BCUT2D eigenvalue weighted by molar-refractivity contribution is 14.1. The molecule has 3 aliphatic heterocycles. The first kappa shape index (κ1) is 68.7. The second-order valence-electron chi connectivity index (χ2n) is 23.3. The Morgan fingerprint density at radius 2 is 0.812 bits per heavy atom. The summed E-state index contributed by atoms with van der Waals surface area (Å²) in [5.74, 6) is 1.14. The molecule has 27 heteroatoms. The molecular weight excluding hydrogens is 1390 g/mol. The van der Waals surface area contributed by atoms with Crippen LogP contribution in [0.3, 0.4) is 0 Å². The SMILES string of the molecule is CS(=O)(=O)Nc1ccc(C2=NN(C(=O)c3ccc(I)cc3)C(c3ccco3)C2)cc1.Cc1ccc(C(=O)N2N=C(c3ccc(NC(=O)OC(C)(C)C)cc3)CC2c2ccco2)cc1.Cc1ccc(C(=O)N2N=C(c3ccc(NS(=O)(=O)C(F)(F)F)cc3)CC2c2ccco2)cc1. The van der Waals surface area contributed by atoms with Crippen LogP contribution in [-0.2, 0) is 24.8 Å². The van der Waals surface area contributed by atoms with Crippen molar-refractivity contribution in [3.63, 3.8) is 0 Å². The zero-order chi connectivity index (χ0) is 68.7. The number of halogens is 4. The van der Waals surface area contributed by atoms with Crippen LogP contribution in [0.15, 0.2) is 229 Å². The topological polar surface area (TPSA) is 268 Å².